The number of halogens is 2. The van der Waals surface area contributed by atoms with Gasteiger partial charge in [-0.25, -0.2) is 4.39 Å². The summed E-state index contributed by atoms with van der Waals surface area (Å²) in [6.07, 6.45) is 5.33. The molecule has 5 heteroatoms. The highest BCUT2D eigenvalue weighted by atomic mass is 35.5. The van der Waals surface area contributed by atoms with E-state index in [4.69, 9.17) is 18.0 Å². The summed E-state index contributed by atoms with van der Waals surface area (Å²) in [5.74, 6) is 1.40. The minimum atomic E-state index is -0.828. The lowest BCUT2D eigenvalue weighted by atomic mass is 10.0. The van der Waals surface area contributed by atoms with E-state index in [0.717, 1.165) is 6.07 Å². The van der Waals surface area contributed by atoms with Gasteiger partial charge < -0.3 is 10.6 Å². The maximum absolute atomic E-state index is 14.0. The molecule has 1 rings (SSSR count). The minimum Gasteiger partial charge on any atom is -0.380 e. The van der Waals surface area contributed by atoms with Crippen LogP contribution in [0, 0.1) is 18.2 Å². The number of carbonyl (C=O) groups is 1. The van der Waals surface area contributed by atoms with Gasteiger partial charge in [0.25, 0.3) is 5.91 Å². The molecule has 0 atom stereocenters. The van der Waals surface area contributed by atoms with Crippen molar-refractivity contribution < 1.29 is 9.18 Å². The zero-order valence-electron chi connectivity index (χ0n) is 12.0. The summed E-state index contributed by atoms with van der Waals surface area (Å²) in [6, 6.07) is 2.55. The number of benzene rings is 1. The van der Waals surface area contributed by atoms with Gasteiger partial charge in [-0.05, 0) is 39.8 Å². The molecule has 3 nitrogen and oxygen atoms in total. The van der Waals surface area contributed by atoms with Gasteiger partial charge in [0, 0.05) is 11.1 Å². The van der Waals surface area contributed by atoms with Crippen LogP contribution in [-0.2, 0) is 0 Å². The fourth-order valence-corrected chi connectivity index (χ4v) is 1.78. The monoisotopic (exact) mass is 296 g/mol. The third kappa shape index (κ3) is 4.14. The highest BCUT2D eigenvalue weighted by Gasteiger charge is 2.22. The van der Waals surface area contributed by atoms with Gasteiger partial charge in [0.15, 0.2) is 0 Å². The third-order valence-electron chi connectivity index (χ3n) is 2.52. The first-order chi connectivity index (χ1) is 9.16. The summed E-state index contributed by atoms with van der Waals surface area (Å²) in [6.45, 7) is 7.06. The Morgan fingerprint density at radius 2 is 2.05 bits per heavy atom. The summed E-state index contributed by atoms with van der Waals surface area (Å²) >= 11 is 5.82. The Morgan fingerprint density at radius 1 is 1.45 bits per heavy atom. The molecule has 0 aliphatic heterocycles. The maximum Gasteiger partial charge on any atom is 0.254 e. The van der Waals surface area contributed by atoms with Gasteiger partial charge >= 0.3 is 0 Å². The Kier molecular flexibility index (Phi) is 5.02. The molecule has 2 N–H and O–H groups in total. The number of carbonyl (C=O) groups excluding carboxylic acids is 1. The van der Waals surface area contributed by atoms with Crippen LogP contribution in [-0.4, -0.2) is 17.5 Å². The highest BCUT2D eigenvalue weighted by Crippen LogP contribution is 2.26. The van der Waals surface area contributed by atoms with E-state index in [-0.39, 0.29) is 22.3 Å². The second-order valence-electron chi connectivity index (χ2n) is 5.33. The van der Waals surface area contributed by atoms with Crippen LogP contribution < -0.4 is 10.6 Å². The molecular formula is C15H18ClFN2O. The smallest absolute Gasteiger partial charge is 0.254 e. The molecule has 1 aromatic rings. The molecule has 0 aliphatic rings. The lowest BCUT2D eigenvalue weighted by Crippen LogP contribution is -2.42. The average molecular weight is 297 g/mol. The molecule has 108 valence electrons. The van der Waals surface area contributed by atoms with E-state index in [1.807, 2.05) is 13.8 Å². The normalized spacial score (nSPS) is 11.1. The Labute approximate surface area is 123 Å². The molecule has 0 heterocycles. The molecule has 1 amide bonds. The molecule has 0 saturated heterocycles. The van der Waals surface area contributed by atoms with Crippen molar-refractivity contribution in [3.8, 4) is 12.3 Å². The van der Waals surface area contributed by atoms with Crippen LogP contribution in [0.5, 0.6) is 0 Å². The topological polar surface area (TPSA) is 41.1 Å². The first-order valence-electron chi connectivity index (χ1n) is 6.22. The van der Waals surface area contributed by atoms with Gasteiger partial charge in [0.1, 0.15) is 5.82 Å². The summed E-state index contributed by atoms with van der Waals surface area (Å²) in [4.78, 5) is 12.3. The number of terminal acetylenes is 1. The van der Waals surface area contributed by atoms with E-state index in [9.17, 15) is 9.18 Å². The fraction of sp³-hybridized carbons (Fsp3) is 0.400. The van der Waals surface area contributed by atoms with Crippen molar-refractivity contribution in [1.29, 1.82) is 0 Å². The van der Waals surface area contributed by atoms with Crippen molar-refractivity contribution >= 4 is 23.2 Å². The molecule has 1 aromatic carbocycles. The minimum absolute atomic E-state index is 0.0298. The summed E-state index contributed by atoms with van der Waals surface area (Å²) in [7, 11) is 0. The van der Waals surface area contributed by atoms with E-state index < -0.39 is 17.3 Å². The SMILES string of the molecule is C#CC(C)(C)NC(=O)c1cc(Cl)cc(F)c1NC(C)C. The van der Waals surface area contributed by atoms with E-state index in [2.05, 4.69) is 16.6 Å². The first kappa shape index (κ1) is 16.3. The Bertz CT molecular complexity index is 562. The van der Waals surface area contributed by atoms with Crippen LogP contribution >= 0.6 is 11.6 Å². The van der Waals surface area contributed by atoms with Crippen LogP contribution in [0.4, 0.5) is 10.1 Å². The molecule has 0 unspecified atom stereocenters. The largest absolute Gasteiger partial charge is 0.380 e. The Balaban J connectivity index is 3.22. The van der Waals surface area contributed by atoms with Crippen LogP contribution in [0.3, 0.4) is 0 Å². The molecule has 0 saturated carbocycles. The summed E-state index contributed by atoms with van der Waals surface area (Å²) in [5, 5.41) is 5.71. The first-order valence-corrected chi connectivity index (χ1v) is 6.60. The van der Waals surface area contributed by atoms with Crippen molar-refractivity contribution in [3.63, 3.8) is 0 Å². The van der Waals surface area contributed by atoms with Gasteiger partial charge in [-0.3, -0.25) is 4.79 Å². The third-order valence-corrected chi connectivity index (χ3v) is 2.74. The molecule has 20 heavy (non-hydrogen) atoms. The maximum atomic E-state index is 14.0. The molecule has 0 spiro atoms. The Morgan fingerprint density at radius 3 is 2.55 bits per heavy atom. The summed E-state index contributed by atoms with van der Waals surface area (Å²) in [5.41, 5.74) is -0.577. The van der Waals surface area contributed by atoms with Crippen LogP contribution in [0.1, 0.15) is 38.1 Å². The van der Waals surface area contributed by atoms with Gasteiger partial charge in [0.2, 0.25) is 0 Å². The van der Waals surface area contributed by atoms with Crippen molar-refractivity contribution in [2.75, 3.05) is 5.32 Å². The number of amides is 1. The van der Waals surface area contributed by atoms with Crippen molar-refractivity contribution in [1.82, 2.24) is 5.32 Å². The predicted molar refractivity (Wildman–Crippen MR) is 80.5 cm³/mol. The molecule has 0 radical (unpaired) electrons. The summed E-state index contributed by atoms with van der Waals surface area (Å²) < 4.78 is 14.0. The fourth-order valence-electron chi connectivity index (χ4n) is 1.58. The number of rotatable bonds is 4. The number of nitrogens with one attached hydrogen (secondary N) is 2. The van der Waals surface area contributed by atoms with Gasteiger partial charge in [0.05, 0.1) is 16.8 Å². The molecule has 0 fully saturated rings. The lowest BCUT2D eigenvalue weighted by molar-refractivity contribution is 0.0930. The number of hydrogen-bond acceptors (Lipinski definition) is 2. The van der Waals surface area contributed by atoms with Gasteiger partial charge in [-0.1, -0.05) is 17.5 Å². The van der Waals surface area contributed by atoms with E-state index >= 15 is 0 Å². The van der Waals surface area contributed by atoms with Crippen molar-refractivity contribution in [3.05, 3.63) is 28.5 Å². The van der Waals surface area contributed by atoms with Crippen LogP contribution in [0.2, 0.25) is 5.02 Å². The van der Waals surface area contributed by atoms with Gasteiger partial charge in [-0.2, -0.15) is 0 Å². The molecule has 0 bridgehead atoms. The van der Waals surface area contributed by atoms with Crippen LogP contribution in [0.15, 0.2) is 12.1 Å². The lowest BCUT2D eigenvalue weighted by Gasteiger charge is -2.22. The number of anilines is 1. The van der Waals surface area contributed by atoms with Crippen molar-refractivity contribution in [2.24, 2.45) is 0 Å². The second kappa shape index (κ2) is 6.15. The molecule has 0 aliphatic carbocycles. The second-order valence-corrected chi connectivity index (χ2v) is 5.77. The number of hydrogen-bond donors (Lipinski definition) is 2. The quantitative estimate of drug-likeness (QED) is 0.836. The molecule has 0 aromatic heterocycles. The average Bonchev–Trinajstić information content (AvgIpc) is 2.31. The van der Waals surface area contributed by atoms with E-state index in [1.165, 1.54) is 6.07 Å². The molecular weight excluding hydrogens is 279 g/mol. The van der Waals surface area contributed by atoms with Gasteiger partial charge in [-0.15, -0.1) is 6.42 Å². The highest BCUT2D eigenvalue weighted by molar-refractivity contribution is 6.31. The van der Waals surface area contributed by atoms with Crippen molar-refractivity contribution in [2.45, 2.75) is 39.3 Å². The zero-order valence-corrected chi connectivity index (χ0v) is 12.7. The Hall–Kier alpha value is -1.73. The zero-order chi connectivity index (χ0) is 15.5. The van der Waals surface area contributed by atoms with E-state index in [1.54, 1.807) is 13.8 Å². The predicted octanol–water partition coefficient (Wildman–Crippen LogP) is 3.44. The standard InChI is InChI=1S/C15H18ClFN2O/c1-6-15(4,5)19-14(20)11-7-10(16)8-12(17)13(11)18-9(2)3/h1,7-9,18H,2-5H3,(H,19,20). The van der Waals surface area contributed by atoms with E-state index in [0.29, 0.717) is 0 Å². The van der Waals surface area contributed by atoms with Crippen LogP contribution in [0.25, 0.3) is 0 Å².